The van der Waals surface area contributed by atoms with Crippen molar-refractivity contribution in [3.05, 3.63) is 27.3 Å². The number of anilines is 1. The number of nitrogens with two attached hydrogens (primary N) is 1. The minimum Gasteiger partial charge on any atom is -0.324 e. The van der Waals surface area contributed by atoms with Crippen LogP contribution in [0.4, 0.5) is 5.69 Å². The molecule has 0 aliphatic rings. The molecule has 1 rings (SSSR count). The Balaban J connectivity index is 3.12. The van der Waals surface area contributed by atoms with E-state index in [1.807, 2.05) is 12.1 Å². The van der Waals surface area contributed by atoms with E-state index in [0.29, 0.717) is 5.92 Å². The Morgan fingerprint density at radius 3 is 2.58 bits per heavy atom. The first-order valence-corrected chi connectivity index (χ1v) is 4.99. The molecule has 0 heterocycles. The summed E-state index contributed by atoms with van der Waals surface area (Å²) >= 11 is 2.30. The van der Waals surface area contributed by atoms with Gasteiger partial charge in [-0.15, -0.1) is 0 Å². The van der Waals surface area contributed by atoms with Crippen molar-refractivity contribution in [2.45, 2.75) is 19.8 Å². The van der Waals surface area contributed by atoms with Crippen LogP contribution in [0.25, 0.3) is 0 Å². The van der Waals surface area contributed by atoms with Crippen molar-refractivity contribution in [2.24, 2.45) is 5.84 Å². The lowest BCUT2D eigenvalue weighted by molar-refractivity contribution is 0.866. The van der Waals surface area contributed by atoms with E-state index in [0.717, 1.165) is 5.69 Å². The van der Waals surface area contributed by atoms with Crippen molar-refractivity contribution >= 4 is 28.3 Å². The highest BCUT2D eigenvalue weighted by Gasteiger charge is 2.05. The summed E-state index contributed by atoms with van der Waals surface area (Å²) in [6.07, 6.45) is 0. The predicted octanol–water partition coefficient (Wildman–Crippen LogP) is 2.70. The maximum atomic E-state index is 5.39. The quantitative estimate of drug-likeness (QED) is 0.495. The molecule has 0 aromatic heterocycles. The monoisotopic (exact) mass is 276 g/mol. The molecular weight excluding hydrogens is 263 g/mol. The van der Waals surface area contributed by atoms with Crippen LogP contribution in [-0.4, -0.2) is 0 Å². The summed E-state index contributed by atoms with van der Waals surface area (Å²) in [5.74, 6) is 5.89. The summed E-state index contributed by atoms with van der Waals surface area (Å²) in [5.41, 5.74) is 4.99. The normalized spacial score (nSPS) is 10.4. The van der Waals surface area contributed by atoms with Gasteiger partial charge >= 0.3 is 0 Å². The summed E-state index contributed by atoms with van der Waals surface area (Å²) in [6.45, 7) is 4.32. The third kappa shape index (κ3) is 2.10. The van der Waals surface area contributed by atoms with Crippen LogP contribution >= 0.6 is 22.6 Å². The van der Waals surface area contributed by atoms with Gasteiger partial charge < -0.3 is 5.43 Å². The number of benzene rings is 1. The van der Waals surface area contributed by atoms with E-state index in [9.17, 15) is 0 Å². The fourth-order valence-electron chi connectivity index (χ4n) is 1.14. The first kappa shape index (κ1) is 9.80. The lowest BCUT2D eigenvalue weighted by atomic mass is 10.0. The molecule has 12 heavy (non-hydrogen) atoms. The first-order valence-electron chi connectivity index (χ1n) is 3.91. The van der Waals surface area contributed by atoms with E-state index in [1.165, 1.54) is 9.13 Å². The number of hydrogen-bond acceptors (Lipinski definition) is 2. The molecule has 0 unspecified atom stereocenters. The minimum atomic E-state index is 0.505. The molecule has 3 N–H and O–H groups in total. The number of halogens is 1. The van der Waals surface area contributed by atoms with Gasteiger partial charge in [0.15, 0.2) is 0 Å². The molecule has 0 fully saturated rings. The van der Waals surface area contributed by atoms with Crippen LogP contribution in [0, 0.1) is 3.57 Å². The van der Waals surface area contributed by atoms with Gasteiger partial charge in [0.1, 0.15) is 0 Å². The molecule has 3 heteroatoms. The third-order valence-electron chi connectivity index (χ3n) is 1.79. The zero-order valence-corrected chi connectivity index (χ0v) is 9.42. The molecule has 0 bridgehead atoms. The molecule has 2 nitrogen and oxygen atoms in total. The second kappa shape index (κ2) is 4.09. The molecule has 0 aliphatic heterocycles. The highest BCUT2D eigenvalue weighted by Crippen LogP contribution is 2.25. The molecular formula is C9H13IN2. The van der Waals surface area contributed by atoms with Crippen LogP contribution in [-0.2, 0) is 0 Å². The molecule has 0 saturated carbocycles. The molecule has 0 amide bonds. The van der Waals surface area contributed by atoms with E-state index >= 15 is 0 Å². The van der Waals surface area contributed by atoms with Gasteiger partial charge in [0.25, 0.3) is 0 Å². The van der Waals surface area contributed by atoms with Gasteiger partial charge in [-0.2, -0.15) is 0 Å². The lowest BCUT2D eigenvalue weighted by Gasteiger charge is -2.12. The second-order valence-corrected chi connectivity index (χ2v) is 4.28. The van der Waals surface area contributed by atoms with Crippen molar-refractivity contribution < 1.29 is 0 Å². The molecule has 0 atom stereocenters. The Hall–Kier alpha value is -0.290. The van der Waals surface area contributed by atoms with Crippen LogP contribution in [0.1, 0.15) is 25.3 Å². The highest BCUT2D eigenvalue weighted by molar-refractivity contribution is 14.1. The van der Waals surface area contributed by atoms with Gasteiger partial charge in [-0.05, 0) is 52.3 Å². The van der Waals surface area contributed by atoms with Crippen molar-refractivity contribution in [2.75, 3.05) is 5.43 Å². The standard InChI is InChI=1S/C9H13IN2/c1-6(2)8-5-7(10)3-4-9(8)12-11/h3-6,12H,11H2,1-2H3. The highest BCUT2D eigenvalue weighted by atomic mass is 127. The Morgan fingerprint density at radius 2 is 2.08 bits per heavy atom. The van der Waals surface area contributed by atoms with Gasteiger partial charge in [-0.25, -0.2) is 0 Å². The van der Waals surface area contributed by atoms with Crippen LogP contribution in [0.3, 0.4) is 0 Å². The van der Waals surface area contributed by atoms with Crippen LogP contribution in [0.15, 0.2) is 18.2 Å². The Bertz CT molecular complexity index is 271. The molecule has 1 aromatic rings. The average molecular weight is 276 g/mol. The van der Waals surface area contributed by atoms with Crippen LogP contribution < -0.4 is 11.3 Å². The summed E-state index contributed by atoms with van der Waals surface area (Å²) in [6, 6.07) is 6.21. The van der Waals surface area contributed by atoms with E-state index in [1.54, 1.807) is 0 Å². The maximum Gasteiger partial charge on any atom is 0.0520 e. The smallest absolute Gasteiger partial charge is 0.0520 e. The number of hydrazine groups is 1. The zero-order chi connectivity index (χ0) is 9.14. The first-order chi connectivity index (χ1) is 5.65. The van der Waals surface area contributed by atoms with E-state index in [4.69, 9.17) is 5.84 Å². The van der Waals surface area contributed by atoms with Gasteiger partial charge in [-0.3, -0.25) is 5.84 Å². The molecule has 0 saturated heterocycles. The number of rotatable bonds is 2. The van der Waals surface area contributed by atoms with Crippen molar-refractivity contribution in [1.29, 1.82) is 0 Å². The number of hydrogen-bond donors (Lipinski definition) is 2. The van der Waals surface area contributed by atoms with Crippen LogP contribution in [0.5, 0.6) is 0 Å². The summed E-state index contributed by atoms with van der Waals surface area (Å²) < 4.78 is 1.25. The van der Waals surface area contributed by atoms with Crippen molar-refractivity contribution in [3.8, 4) is 0 Å². The average Bonchev–Trinajstić information content (AvgIpc) is 2.04. The number of nitrogens with one attached hydrogen (secondary N) is 1. The summed E-state index contributed by atoms with van der Waals surface area (Å²) in [4.78, 5) is 0. The number of nitrogen functional groups attached to an aromatic ring is 1. The topological polar surface area (TPSA) is 38.0 Å². The van der Waals surface area contributed by atoms with E-state index in [2.05, 4.69) is 47.9 Å². The fraction of sp³-hybridized carbons (Fsp3) is 0.333. The molecule has 66 valence electrons. The van der Waals surface area contributed by atoms with Crippen LogP contribution in [0.2, 0.25) is 0 Å². The SMILES string of the molecule is CC(C)c1cc(I)ccc1NN. The predicted molar refractivity (Wildman–Crippen MR) is 61.1 cm³/mol. The fourth-order valence-corrected chi connectivity index (χ4v) is 1.66. The summed E-state index contributed by atoms with van der Waals surface area (Å²) in [5, 5.41) is 0. The third-order valence-corrected chi connectivity index (χ3v) is 2.46. The van der Waals surface area contributed by atoms with Gasteiger partial charge in [0, 0.05) is 3.57 Å². The largest absolute Gasteiger partial charge is 0.324 e. The Kier molecular flexibility index (Phi) is 3.34. The Morgan fingerprint density at radius 1 is 1.42 bits per heavy atom. The molecule has 0 spiro atoms. The molecule has 0 aliphatic carbocycles. The zero-order valence-electron chi connectivity index (χ0n) is 7.26. The van der Waals surface area contributed by atoms with Gasteiger partial charge in [0.2, 0.25) is 0 Å². The molecule has 1 aromatic carbocycles. The Labute approximate surface area is 86.6 Å². The maximum absolute atomic E-state index is 5.39. The van der Waals surface area contributed by atoms with Crippen molar-refractivity contribution in [1.82, 2.24) is 0 Å². The second-order valence-electron chi connectivity index (χ2n) is 3.03. The lowest BCUT2D eigenvalue weighted by Crippen LogP contribution is -2.09. The van der Waals surface area contributed by atoms with E-state index < -0.39 is 0 Å². The minimum absolute atomic E-state index is 0.505. The summed E-state index contributed by atoms with van der Waals surface area (Å²) in [7, 11) is 0. The van der Waals surface area contributed by atoms with E-state index in [-0.39, 0.29) is 0 Å². The van der Waals surface area contributed by atoms with Crippen molar-refractivity contribution in [3.63, 3.8) is 0 Å². The van der Waals surface area contributed by atoms with Gasteiger partial charge in [-0.1, -0.05) is 13.8 Å². The molecule has 0 radical (unpaired) electrons. The van der Waals surface area contributed by atoms with Gasteiger partial charge in [0.05, 0.1) is 5.69 Å².